The molecule has 0 saturated heterocycles. The van der Waals surface area contributed by atoms with Gasteiger partial charge in [-0.2, -0.15) is 0 Å². The van der Waals surface area contributed by atoms with Gasteiger partial charge in [-0.05, 0) is 65.8 Å². The summed E-state index contributed by atoms with van der Waals surface area (Å²) in [4.78, 5) is 0. The van der Waals surface area contributed by atoms with Crippen LogP contribution in [-0.4, -0.2) is 0 Å². The molecule has 0 aliphatic rings. The van der Waals surface area contributed by atoms with Crippen molar-refractivity contribution < 1.29 is 34.6 Å². The maximum atomic E-state index is 9.96. The maximum Gasteiger partial charge on any atom is 0.143 e. The third kappa shape index (κ3) is 4.26. The molecule has 1 heterocycles. The highest BCUT2D eigenvalue weighted by molar-refractivity contribution is 6.26. The first-order valence-electron chi connectivity index (χ1n) is 26.1. The van der Waals surface area contributed by atoms with Crippen molar-refractivity contribution in [2.45, 2.75) is 0 Å². The monoisotopic (exact) mass is 644 g/mol. The predicted octanol–water partition coefficient (Wildman–Crippen LogP) is 13.7. The fraction of sp³-hybridized carbons (Fsp3) is 0. The van der Waals surface area contributed by atoms with Gasteiger partial charge in [0.1, 0.15) is 11.3 Å². The molecule has 0 atom stereocenters. The highest BCUT2D eigenvalue weighted by atomic mass is 16.3. The molecule has 10 aromatic rings. The summed E-state index contributed by atoms with van der Waals surface area (Å²) in [5.74, 6) is -0.490. The summed E-state index contributed by atoms with van der Waals surface area (Å²) in [6.07, 6.45) is 0. The fourth-order valence-corrected chi connectivity index (χ4v) is 6.53. The van der Waals surface area contributed by atoms with Gasteiger partial charge in [0.05, 0.1) is 30.2 Å². The second kappa shape index (κ2) is 11.1. The number of hydrogen-bond acceptors (Lipinski definition) is 1. The fourth-order valence-electron chi connectivity index (χ4n) is 6.53. The van der Waals surface area contributed by atoms with E-state index in [9.17, 15) is 9.60 Å². The molecule has 0 fully saturated rings. The Balaban J connectivity index is 1.60. The molecular weight excluding hydrogens is 593 g/mol. The highest BCUT2D eigenvalue weighted by Gasteiger charge is 2.26. The van der Waals surface area contributed by atoms with Gasteiger partial charge in [0.25, 0.3) is 0 Å². The number of fused-ring (bicyclic) bond motifs is 6. The molecule has 0 aliphatic heterocycles. The highest BCUT2D eigenvalue weighted by Crippen LogP contribution is 2.52. The molecule has 0 N–H and O–H groups in total. The molecule has 0 saturated carbocycles. The Labute approximate surface area is 315 Å². The zero-order valence-electron chi connectivity index (χ0n) is 47.0. The van der Waals surface area contributed by atoms with E-state index in [4.69, 9.17) is 25.0 Å². The normalized spacial score (nSPS) is 18.0. The van der Waals surface area contributed by atoms with Crippen LogP contribution in [0.2, 0.25) is 0 Å². The Hall–Kier alpha value is -6.44. The van der Waals surface area contributed by atoms with Crippen molar-refractivity contribution in [2.24, 2.45) is 0 Å². The number of rotatable bonds is 4. The van der Waals surface area contributed by atoms with Crippen molar-refractivity contribution in [3.05, 3.63) is 181 Å². The van der Waals surface area contributed by atoms with Crippen LogP contribution in [0, 0.1) is 0 Å². The summed E-state index contributed by atoms with van der Waals surface area (Å²) in [5.41, 5.74) is -1.48. The molecule has 10 rings (SSSR count). The number of furan rings is 1. The summed E-state index contributed by atoms with van der Waals surface area (Å²) in [7, 11) is 0. The van der Waals surface area contributed by atoms with Crippen LogP contribution in [0.25, 0.3) is 98.8 Å². The summed E-state index contributed by atoms with van der Waals surface area (Å²) in [6.45, 7) is 0. The van der Waals surface area contributed by atoms with Crippen LogP contribution in [0.4, 0.5) is 0 Å². The topological polar surface area (TPSA) is 13.1 Å². The first-order valence-corrected chi connectivity index (χ1v) is 15.1. The van der Waals surface area contributed by atoms with E-state index in [1.165, 1.54) is 6.07 Å². The van der Waals surface area contributed by atoms with Crippen LogP contribution in [0.3, 0.4) is 0 Å². The minimum atomic E-state index is -0.870. The van der Waals surface area contributed by atoms with Crippen molar-refractivity contribution in [3.8, 4) is 44.7 Å². The zero-order chi connectivity index (χ0) is 51.5. The summed E-state index contributed by atoms with van der Waals surface area (Å²) in [5, 5.41) is -3.87. The quantitative estimate of drug-likeness (QED) is 0.137. The van der Waals surface area contributed by atoms with Gasteiger partial charge in [0.2, 0.25) is 0 Å². The average Bonchev–Trinajstić information content (AvgIpc) is 3.75. The van der Waals surface area contributed by atoms with Gasteiger partial charge in [0, 0.05) is 27.6 Å². The SMILES string of the molecule is [2H]c1c([2H])c([2H])c(-c2c3c([2H])c([2H])c([2H])c([2H])c3c(-c3c(-c4c([2H])c5c([2H])c([2H])c([2H])c([2H])c5c5c([2H])c([2H])c([2H])c([2H])c45)oc4c(-c5ccccc5)cccc34)c3c([2H])c([2H])c([2H])c([2H])c23)c([2H])c1[2H]. The molecule has 9 aromatic carbocycles. The smallest absolute Gasteiger partial charge is 0.143 e. The van der Waals surface area contributed by atoms with E-state index < -0.39 is 204 Å². The lowest BCUT2D eigenvalue weighted by Gasteiger charge is -2.18. The maximum absolute atomic E-state index is 9.96. The van der Waals surface area contributed by atoms with Crippen LogP contribution in [-0.2, 0) is 0 Å². The van der Waals surface area contributed by atoms with Crippen molar-refractivity contribution in [2.75, 3.05) is 0 Å². The Morgan fingerprint density at radius 3 is 1.63 bits per heavy atom. The molecule has 49 heavy (non-hydrogen) atoms. The minimum absolute atomic E-state index is 0.00943. The first kappa shape index (κ1) is 13.6. The molecule has 1 nitrogen and oxygen atoms in total. The van der Waals surface area contributed by atoms with E-state index in [-0.39, 0.29) is 16.5 Å². The molecule has 0 amide bonds. The molecule has 1 heteroatoms. The van der Waals surface area contributed by atoms with Crippen LogP contribution in [0.15, 0.2) is 186 Å². The summed E-state index contributed by atoms with van der Waals surface area (Å²) in [6, 6.07) is -4.56. The molecular formula is C48H30O. The van der Waals surface area contributed by atoms with E-state index in [2.05, 4.69) is 0 Å². The standard InChI is InChI=1S/C48H30O/c1-3-16-31(17-4-1)35-28-15-29-42-46(48(49-47(35)42)43-30-33-20-7-8-21-34(33)36-22-9-10-23-37(36)43)45-40-26-13-11-24-38(40)44(32-18-5-2-6-19-32)39-25-12-14-27-41(39)45/h1-30H/i2D,5D,6D,7D,8D,9D,10D,11D,12D,13D,14D,18D,19D,20D,21D,22D,23D,24D,25D,26D,27D,30D. The van der Waals surface area contributed by atoms with Crippen LogP contribution < -0.4 is 0 Å². The summed E-state index contributed by atoms with van der Waals surface area (Å²) < 4.78 is 207. The molecule has 0 unspecified atom stereocenters. The van der Waals surface area contributed by atoms with Gasteiger partial charge in [-0.1, -0.05) is 175 Å². The lowest BCUT2D eigenvalue weighted by Crippen LogP contribution is -1.92. The van der Waals surface area contributed by atoms with E-state index in [0.29, 0.717) is 11.1 Å². The van der Waals surface area contributed by atoms with Gasteiger partial charge >= 0.3 is 0 Å². The molecule has 1 aromatic heterocycles. The molecule has 0 spiro atoms. The van der Waals surface area contributed by atoms with Gasteiger partial charge in [0.15, 0.2) is 0 Å². The zero-order valence-corrected chi connectivity index (χ0v) is 25.0. The molecule has 0 aliphatic carbocycles. The predicted molar refractivity (Wildman–Crippen MR) is 208 cm³/mol. The van der Waals surface area contributed by atoms with Crippen LogP contribution >= 0.6 is 0 Å². The molecule has 0 radical (unpaired) electrons. The van der Waals surface area contributed by atoms with Crippen molar-refractivity contribution in [1.82, 2.24) is 0 Å². The number of benzene rings is 9. The van der Waals surface area contributed by atoms with Crippen LogP contribution in [0.5, 0.6) is 0 Å². The lowest BCUT2D eigenvalue weighted by molar-refractivity contribution is 0.634. The second-order valence-electron chi connectivity index (χ2n) is 11.1. The second-order valence-corrected chi connectivity index (χ2v) is 11.1. The van der Waals surface area contributed by atoms with Gasteiger partial charge < -0.3 is 4.42 Å². The Morgan fingerprint density at radius 2 is 0.939 bits per heavy atom. The van der Waals surface area contributed by atoms with E-state index >= 15 is 0 Å². The van der Waals surface area contributed by atoms with E-state index in [1.54, 1.807) is 42.5 Å². The van der Waals surface area contributed by atoms with Crippen molar-refractivity contribution >= 4 is 54.1 Å². The minimum Gasteiger partial charge on any atom is -0.455 e. The Morgan fingerprint density at radius 1 is 0.367 bits per heavy atom. The lowest BCUT2D eigenvalue weighted by atomic mass is 9.84. The van der Waals surface area contributed by atoms with Gasteiger partial charge in [-0.15, -0.1) is 0 Å². The Kier molecular flexibility index (Phi) is 3.07. The van der Waals surface area contributed by atoms with E-state index in [0.717, 1.165) is 0 Å². The van der Waals surface area contributed by atoms with Gasteiger partial charge in [-0.25, -0.2) is 0 Å². The Bertz CT molecular complexity index is 4020. The number of para-hydroxylation sites is 1. The summed E-state index contributed by atoms with van der Waals surface area (Å²) >= 11 is 0. The average molecular weight is 645 g/mol. The largest absolute Gasteiger partial charge is 0.455 e. The third-order valence-electron chi connectivity index (χ3n) is 8.53. The van der Waals surface area contributed by atoms with E-state index in [1.807, 2.05) is 0 Å². The van der Waals surface area contributed by atoms with Crippen molar-refractivity contribution in [3.63, 3.8) is 0 Å². The van der Waals surface area contributed by atoms with Gasteiger partial charge in [-0.3, -0.25) is 0 Å². The molecule has 228 valence electrons. The number of hydrogen-bond donors (Lipinski definition) is 0. The van der Waals surface area contributed by atoms with Crippen LogP contribution in [0.1, 0.15) is 30.2 Å². The molecule has 0 bridgehead atoms. The van der Waals surface area contributed by atoms with Crippen molar-refractivity contribution in [1.29, 1.82) is 0 Å². The third-order valence-corrected chi connectivity index (χ3v) is 8.53. The first-order chi connectivity index (χ1) is 33.5.